The SMILES string of the molecule is NCCCCC(NC(=O)C(CCC(=O)O)NC(=O)C(Cc1cnc[nH]1)NC(=O)C(N)CS)C(=O)O. The van der Waals surface area contributed by atoms with E-state index in [1.165, 1.54) is 12.5 Å². The third-order valence-electron chi connectivity index (χ3n) is 4.99. The Balaban J connectivity index is 3.02. The summed E-state index contributed by atoms with van der Waals surface area (Å²) in [6.07, 6.45) is 3.14. The normalized spacial score (nSPS) is 14.3. The predicted molar refractivity (Wildman–Crippen MR) is 127 cm³/mol. The number of carboxylic acid groups (broad SMARTS) is 2. The summed E-state index contributed by atoms with van der Waals surface area (Å²) in [6, 6.07) is -4.79. The van der Waals surface area contributed by atoms with Crippen LogP contribution in [-0.4, -0.2) is 86.3 Å². The number of rotatable bonds is 17. The number of carboxylic acids is 2. The Morgan fingerprint density at radius 2 is 1.60 bits per heavy atom. The first-order valence-corrected chi connectivity index (χ1v) is 11.6. The average molecular weight is 516 g/mol. The van der Waals surface area contributed by atoms with E-state index in [-0.39, 0.29) is 25.0 Å². The van der Waals surface area contributed by atoms with Gasteiger partial charge in [-0.2, -0.15) is 12.6 Å². The molecule has 0 radical (unpaired) electrons. The first-order valence-electron chi connectivity index (χ1n) is 11.0. The number of imidazole rings is 1. The van der Waals surface area contributed by atoms with Crippen molar-refractivity contribution >= 4 is 42.3 Å². The highest BCUT2D eigenvalue weighted by atomic mass is 32.1. The van der Waals surface area contributed by atoms with Gasteiger partial charge in [0.15, 0.2) is 0 Å². The second-order valence-corrected chi connectivity index (χ2v) is 8.17. The van der Waals surface area contributed by atoms with Crippen molar-refractivity contribution in [2.75, 3.05) is 12.3 Å². The number of aromatic amines is 1. The molecule has 1 heterocycles. The number of aromatic nitrogens is 2. The van der Waals surface area contributed by atoms with Gasteiger partial charge in [0.1, 0.15) is 18.1 Å². The molecule has 1 aromatic rings. The van der Waals surface area contributed by atoms with Gasteiger partial charge in [0.25, 0.3) is 0 Å². The Morgan fingerprint density at radius 3 is 2.14 bits per heavy atom. The van der Waals surface area contributed by atoms with Gasteiger partial charge in [-0.1, -0.05) is 0 Å². The van der Waals surface area contributed by atoms with E-state index in [9.17, 15) is 29.1 Å². The third-order valence-corrected chi connectivity index (χ3v) is 5.38. The van der Waals surface area contributed by atoms with Crippen LogP contribution in [0.2, 0.25) is 0 Å². The number of nitrogens with two attached hydrogens (primary N) is 2. The molecule has 3 amide bonds. The van der Waals surface area contributed by atoms with Crippen LogP contribution in [0.25, 0.3) is 0 Å². The summed E-state index contributed by atoms with van der Waals surface area (Å²) in [5.74, 6) is -4.77. The standard InChI is InChI=1S/C20H33N7O7S/c21-6-2-1-3-14(20(33)34)26-18(31)13(4-5-16(28)29)25-19(32)15(7-11-8-23-10-24-11)27-17(30)12(22)9-35/h8,10,12-15,35H,1-7,9,21-22H2,(H,23,24)(H,25,32)(H,26,31)(H,27,30)(H,28,29)(H,33,34). The highest BCUT2D eigenvalue weighted by Gasteiger charge is 2.30. The molecular formula is C20H33N7O7S. The molecule has 14 nitrogen and oxygen atoms in total. The lowest BCUT2D eigenvalue weighted by molar-refractivity contribution is -0.143. The molecule has 1 aromatic heterocycles. The lowest BCUT2D eigenvalue weighted by atomic mass is 10.1. The highest BCUT2D eigenvalue weighted by molar-refractivity contribution is 7.80. The van der Waals surface area contributed by atoms with Crippen molar-refractivity contribution in [3.8, 4) is 0 Å². The number of hydrogen-bond donors (Lipinski definition) is 9. The molecule has 196 valence electrons. The van der Waals surface area contributed by atoms with E-state index < -0.39 is 60.2 Å². The molecule has 0 bridgehead atoms. The number of H-pyrrole nitrogens is 1. The molecule has 0 aromatic carbocycles. The average Bonchev–Trinajstić information content (AvgIpc) is 3.32. The van der Waals surface area contributed by atoms with Crippen LogP contribution in [0.1, 0.15) is 37.8 Å². The summed E-state index contributed by atoms with van der Waals surface area (Å²) < 4.78 is 0. The van der Waals surface area contributed by atoms with E-state index >= 15 is 0 Å². The Morgan fingerprint density at radius 1 is 0.971 bits per heavy atom. The summed E-state index contributed by atoms with van der Waals surface area (Å²) >= 11 is 3.96. The molecule has 35 heavy (non-hydrogen) atoms. The molecule has 0 spiro atoms. The lowest BCUT2D eigenvalue weighted by Crippen LogP contribution is -2.57. The van der Waals surface area contributed by atoms with E-state index in [4.69, 9.17) is 16.6 Å². The van der Waals surface area contributed by atoms with Crippen LogP contribution in [0.3, 0.4) is 0 Å². The number of aliphatic carboxylic acids is 2. The quantitative estimate of drug-likeness (QED) is 0.0796. The Kier molecular flexibility index (Phi) is 13.4. The summed E-state index contributed by atoms with van der Waals surface area (Å²) in [4.78, 5) is 67.4. The van der Waals surface area contributed by atoms with Gasteiger partial charge in [0.05, 0.1) is 12.4 Å². The molecule has 10 N–H and O–H groups in total. The number of unbranched alkanes of at least 4 members (excludes halogenated alkanes) is 1. The number of carbonyl (C=O) groups excluding carboxylic acids is 3. The van der Waals surface area contributed by atoms with Crippen LogP contribution in [0.4, 0.5) is 0 Å². The zero-order valence-electron chi connectivity index (χ0n) is 19.1. The van der Waals surface area contributed by atoms with Gasteiger partial charge >= 0.3 is 11.9 Å². The third kappa shape index (κ3) is 11.2. The van der Waals surface area contributed by atoms with Crippen molar-refractivity contribution in [1.82, 2.24) is 25.9 Å². The molecule has 0 aliphatic heterocycles. The second kappa shape index (κ2) is 15.7. The minimum Gasteiger partial charge on any atom is -0.481 e. The summed E-state index contributed by atoms with van der Waals surface area (Å²) in [7, 11) is 0. The maximum Gasteiger partial charge on any atom is 0.326 e. The smallest absolute Gasteiger partial charge is 0.326 e. The molecule has 0 aliphatic carbocycles. The van der Waals surface area contributed by atoms with Gasteiger partial charge < -0.3 is 42.6 Å². The van der Waals surface area contributed by atoms with E-state index in [1.54, 1.807) is 0 Å². The lowest BCUT2D eigenvalue weighted by Gasteiger charge is -2.24. The maximum absolute atomic E-state index is 13.0. The summed E-state index contributed by atoms with van der Waals surface area (Å²) in [5, 5.41) is 25.7. The first kappa shape index (κ1) is 29.9. The topological polar surface area (TPSA) is 243 Å². The van der Waals surface area contributed by atoms with Crippen molar-refractivity contribution in [3.05, 3.63) is 18.2 Å². The number of nitrogens with one attached hydrogen (secondary N) is 4. The number of amides is 3. The maximum atomic E-state index is 13.0. The monoisotopic (exact) mass is 515 g/mol. The molecule has 15 heteroatoms. The van der Waals surface area contributed by atoms with Crippen LogP contribution in [0.5, 0.6) is 0 Å². The summed E-state index contributed by atoms with van der Waals surface area (Å²) in [6.45, 7) is 0.359. The molecule has 4 atom stereocenters. The number of nitrogens with zero attached hydrogens (tertiary/aromatic N) is 1. The van der Waals surface area contributed by atoms with Crippen molar-refractivity contribution in [1.29, 1.82) is 0 Å². The van der Waals surface area contributed by atoms with Gasteiger partial charge in [-0.3, -0.25) is 19.2 Å². The zero-order valence-corrected chi connectivity index (χ0v) is 20.0. The van der Waals surface area contributed by atoms with Gasteiger partial charge in [-0.15, -0.1) is 0 Å². The minimum absolute atomic E-state index is 0.0224. The van der Waals surface area contributed by atoms with E-state index in [2.05, 4.69) is 38.5 Å². The Labute approximate surface area is 207 Å². The number of thiol groups is 1. The number of carbonyl (C=O) groups is 5. The van der Waals surface area contributed by atoms with Crippen LogP contribution in [0, 0.1) is 0 Å². The van der Waals surface area contributed by atoms with Crippen molar-refractivity contribution in [3.63, 3.8) is 0 Å². The van der Waals surface area contributed by atoms with E-state index in [1.807, 2.05) is 0 Å². The van der Waals surface area contributed by atoms with Gasteiger partial charge in [-0.25, -0.2) is 9.78 Å². The molecule has 0 saturated heterocycles. The fourth-order valence-electron chi connectivity index (χ4n) is 3.02. The fraction of sp³-hybridized carbons (Fsp3) is 0.600. The van der Waals surface area contributed by atoms with Gasteiger partial charge in [0.2, 0.25) is 17.7 Å². The molecule has 1 rings (SSSR count). The Bertz CT molecular complexity index is 853. The second-order valence-electron chi connectivity index (χ2n) is 7.81. The van der Waals surface area contributed by atoms with Crippen LogP contribution in [-0.2, 0) is 30.4 Å². The van der Waals surface area contributed by atoms with E-state index in [0.717, 1.165) is 0 Å². The Hall–Kier alpha value is -3.17. The molecule has 0 saturated carbocycles. The van der Waals surface area contributed by atoms with Crippen molar-refractivity contribution in [2.24, 2.45) is 11.5 Å². The van der Waals surface area contributed by atoms with Crippen molar-refractivity contribution in [2.45, 2.75) is 62.7 Å². The molecular weight excluding hydrogens is 482 g/mol. The fourth-order valence-corrected chi connectivity index (χ4v) is 3.18. The molecule has 4 unspecified atom stereocenters. The highest BCUT2D eigenvalue weighted by Crippen LogP contribution is 2.06. The van der Waals surface area contributed by atoms with E-state index in [0.29, 0.717) is 25.1 Å². The van der Waals surface area contributed by atoms with Crippen LogP contribution in [0.15, 0.2) is 12.5 Å². The van der Waals surface area contributed by atoms with Crippen LogP contribution < -0.4 is 27.4 Å². The summed E-state index contributed by atoms with van der Waals surface area (Å²) in [5.41, 5.74) is 11.6. The zero-order chi connectivity index (χ0) is 26.4. The predicted octanol–water partition coefficient (Wildman–Crippen LogP) is -2.26. The number of hydrogen-bond acceptors (Lipinski definition) is 9. The van der Waals surface area contributed by atoms with Crippen LogP contribution >= 0.6 is 12.6 Å². The first-order chi connectivity index (χ1) is 16.6. The molecule has 0 aliphatic rings. The molecule has 0 fully saturated rings. The van der Waals surface area contributed by atoms with Gasteiger partial charge in [-0.05, 0) is 32.2 Å². The van der Waals surface area contributed by atoms with Crippen molar-refractivity contribution < 1.29 is 34.2 Å². The largest absolute Gasteiger partial charge is 0.481 e. The van der Waals surface area contributed by atoms with Gasteiger partial charge in [0, 0.05) is 30.5 Å². The minimum atomic E-state index is -1.37.